The summed E-state index contributed by atoms with van der Waals surface area (Å²) in [6, 6.07) is 14.5. The second kappa shape index (κ2) is 5.29. The van der Waals surface area contributed by atoms with Crippen LogP contribution in [0.5, 0.6) is 0 Å². The summed E-state index contributed by atoms with van der Waals surface area (Å²) in [5, 5.41) is 3.42. The summed E-state index contributed by atoms with van der Waals surface area (Å²) >= 11 is 3.55. The molecule has 0 aliphatic heterocycles. The van der Waals surface area contributed by atoms with E-state index in [1.54, 1.807) is 0 Å². The van der Waals surface area contributed by atoms with E-state index in [1.807, 2.05) is 18.2 Å². The number of rotatable bonds is 3. The molecule has 0 bridgehead atoms. The molecule has 0 amide bonds. The van der Waals surface area contributed by atoms with Gasteiger partial charge in [0.15, 0.2) is 0 Å². The first-order chi connectivity index (χ1) is 9.65. The van der Waals surface area contributed by atoms with E-state index in [0.717, 1.165) is 27.0 Å². The minimum atomic E-state index is 0.709. The number of nitrogens with one attached hydrogen (secondary N) is 1. The second-order valence-corrected chi connectivity index (χ2v) is 5.75. The Morgan fingerprint density at radius 1 is 1.20 bits per heavy atom. The van der Waals surface area contributed by atoms with Crippen molar-refractivity contribution < 1.29 is 0 Å². The highest BCUT2D eigenvalue weighted by molar-refractivity contribution is 9.10. The van der Waals surface area contributed by atoms with Gasteiger partial charge >= 0.3 is 0 Å². The van der Waals surface area contributed by atoms with Crippen molar-refractivity contribution >= 4 is 32.7 Å². The summed E-state index contributed by atoms with van der Waals surface area (Å²) in [5.74, 6) is 1.03. The Balaban J connectivity index is 1.83. The van der Waals surface area contributed by atoms with Crippen LogP contribution in [0.2, 0.25) is 0 Å². The Morgan fingerprint density at radius 3 is 2.75 bits per heavy atom. The van der Waals surface area contributed by atoms with Crippen LogP contribution in [0, 0.1) is 6.92 Å². The van der Waals surface area contributed by atoms with Crippen molar-refractivity contribution in [1.29, 1.82) is 0 Å². The van der Waals surface area contributed by atoms with Gasteiger partial charge in [0.1, 0.15) is 5.82 Å². The molecule has 3 aromatic rings. The van der Waals surface area contributed by atoms with Gasteiger partial charge in [-0.2, -0.15) is 0 Å². The summed E-state index contributed by atoms with van der Waals surface area (Å²) in [5.41, 5.74) is 4.53. The molecular weight excluding hydrogens is 314 g/mol. The Labute approximate surface area is 126 Å². The Morgan fingerprint density at radius 2 is 2.00 bits per heavy atom. The summed E-state index contributed by atoms with van der Waals surface area (Å²) in [7, 11) is 2.05. The van der Waals surface area contributed by atoms with Crippen LogP contribution < -0.4 is 5.32 Å². The van der Waals surface area contributed by atoms with Gasteiger partial charge in [-0.3, -0.25) is 0 Å². The minimum Gasteiger partial charge on any atom is -0.378 e. The molecule has 20 heavy (non-hydrogen) atoms. The van der Waals surface area contributed by atoms with E-state index in [9.17, 15) is 0 Å². The zero-order chi connectivity index (χ0) is 14.1. The lowest BCUT2D eigenvalue weighted by atomic mass is 10.2. The zero-order valence-corrected chi connectivity index (χ0v) is 13.1. The van der Waals surface area contributed by atoms with Crippen molar-refractivity contribution in [3.63, 3.8) is 0 Å². The average molecular weight is 330 g/mol. The van der Waals surface area contributed by atoms with Crippen molar-refractivity contribution in [3.05, 3.63) is 58.3 Å². The van der Waals surface area contributed by atoms with Crippen molar-refractivity contribution in [2.75, 3.05) is 5.32 Å². The van der Waals surface area contributed by atoms with Crippen LogP contribution in [-0.4, -0.2) is 9.55 Å². The summed E-state index contributed by atoms with van der Waals surface area (Å²) in [6.45, 7) is 2.79. The van der Waals surface area contributed by atoms with Gasteiger partial charge in [0.25, 0.3) is 0 Å². The molecule has 3 nitrogen and oxygen atoms in total. The summed E-state index contributed by atoms with van der Waals surface area (Å²) in [6.07, 6.45) is 0. The van der Waals surface area contributed by atoms with Crippen LogP contribution in [0.3, 0.4) is 0 Å². The van der Waals surface area contributed by atoms with Crippen molar-refractivity contribution in [3.8, 4) is 0 Å². The molecule has 0 saturated heterocycles. The third-order valence-electron chi connectivity index (χ3n) is 3.50. The van der Waals surface area contributed by atoms with Gasteiger partial charge in [0.05, 0.1) is 17.6 Å². The molecule has 4 heteroatoms. The fourth-order valence-electron chi connectivity index (χ4n) is 2.24. The quantitative estimate of drug-likeness (QED) is 0.778. The topological polar surface area (TPSA) is 29.9 Å². The SMILES string of the molecule is Cc1ccc(NCc2nc3ccccc3n2C)cc1Br. The maximum atomic E-state index is 4.66. The van der Waals surface area contributed by atoms with Crippen LogP contribution in [0.15, 0.2) is 46.9 Å². The van der Waals surface area contributed by atoms with Crippen LogP contribution in [0.25, 0.3) is 11.0 Å². The number of para-hydroxylation sites is 2. The van der Waals surface area contributed by atoms with Crippen molar-refractivity contribution in [2.45, 2.75) is 13.5 Å². The highest BCUT2D eigenvalue weighted by Crippen LogP contribution is 2.21. The first-order valence-electron chi connectivity index (χ1n) is 6.55. The molecule has 3 rings (SSSR count). The first kappa shape index (κ1) is 13.2. The number of halogens is 1. The largest absolute Gasteiger partial charge is 0.378 e. The summed E-state index contributed by atoms with van der Waals surface area (Å²) in [4.78, 5) is 4.66. The van der Waals surface area contributed by atoms with Crippen LogP contribution in [0.4, 0.5) is 5.69 Å². The number of fused-ring (bicyclic) bond motifs is 1. The number of anilines is 1. The molecule has 1 N–H and O–H groups in total. The van der Waals surface area contributed by atoms with E-state index in [4.69, 9.17) is 0 Å². The molecule has 1 heterocycles. The van der Waals surface area contributed by atoms with E-state index in [-0.39, 0.29) is 0 Å². The van der Waals surface area contributed by atoms with Crippen molar-refractivity contribution in [2.24, 2.45) is 7.05 Å². The lowest BCUT2D eigenvalue weighted by Gasteiger charge is -2.08. The molecule has 0 aliphatic rings. The molecule has 2 aromatic carbocycles. The predicted octanol–water partition coefficient (Wildman–Crippen LogP) is 4.26. The van der Waals surface area contributed by atoms with Crippen LogP contribution >= 0.6 is 15.9 Å². The van der Waals surface area contributed by atoms with Crippen LogP contribution in [0.1, 0.15) is 11.4 Å². The molecule has 0 fully saturated rings. The molecule has 0 atom stereocenters. The van der Waals surface area contributed by atoms with Gasteiger partial charge in [0, 0.05) is 17.2 Å². The van der Waals surface area contributed by atoms with E-state index in [2.05, 4.69) is 69.0 Å². The maximum absolute atomic E-state index is 4.66. The van der Waals surface area contributed by atoms with Gasteiger partial charge in [0.2, 0.25) is 0 Å². The number of aromatic nitrogens is 2. The third-order valence-corrected chi connectivity index (χ3v) is 4.36. The molecule has 1 aromatic heterocycles. The number of hydrogen-bond donors (Lipinski definition) is 1. The highest BCUT2D eigenvalue weighted by Gasteiger charge is 2.06. The molecular formula is C16H16BrN3. The normalized spacial score (nSPS) is 10.9. The molecule has 0 unspecified atom stereocenters. The smallest absolute Gasteiger partial charge is 0.128 e. The van der Waals surface area contributed by atoms with Gasteiger partial charge in [-0.15, -0.1) is 0 Å². The minimum absolute atomic E-state index is 0.709. The number of nitrogens with zero attached hydrogens (tertiary/aromatic N) is 2. The van der Waals surface area contributed by atoms with Gasteiger partial charge < -0.3 is 9.88 Å². The third kappa shape index (κ3) is 2.43. The molecule has 0 radical (unpaired) electrons. The maximum Gasteiger partial charge on any atom is 0.128 e. The monoisotopic (exact) mass is 329 g/mol. The average Bonchev–Trinajstić information content (AvgIpc) is 2.77. The highest BCUT2D eigenvalue weighted by atomic mass is 79.9. The first-order valence-corrected chi connectivity index (χ1v) is 7.35. The van der Waals surface area contributed by atoms with Gasteiger partial charge in [-0.25, -0.2) is 4.98 Å². The summed E-state index contributed by atoms with van der Waals surface area (Å²) < 4.78 is 3.25. The second-order valence-electron chi connectivity index (χ2n) is 4.89. The molecule has 0 spiro atoms. The number of imidazole rings is 1. The van der Waals surface area contributed by atoms with Crippen molar-refractivity contribution in [1.82, 2.24) is 9.55 Å². The molecule has 102 valence electrons. The van der Waals surface area contributed by atoms with Gasteiger partial charge in [-0.05, 0) is 36.8 Å². The van der Waals surface area contributed by atoms with E-state index >= 15 is 0 Å². The molecule has 0 aliphatic carbocycles. The Kier molecular flexibility index (Phi) is 3.49. The predicted molar refractivity (Wildman–Crippen MR) is 86.9 cm³/mol. The number of benzene rings is 2. The zero-order valence-electron chi connectivity index (χ0n) is 11.5. The Hall–Kier alpha value is -1.81. The van der Waals surface area contributed by atoms with E-state index in [1.165, 1.54) is 5.56 Å². The fraction of sp³-hybridized carbons (Fsp3) is 0.188. The molecule has 0 saturated carbocycles. The number of hydrogen-bond acceptors (Lipinski definition) is 2. The lowest BCUT2D eigenvalue weighted by molar-refractivity contribution is 0.834. The van der Waals surface area contributed by atoms with E-state index < -0.39 is 0 Å². The van der Waals surface area contributed by atoms with E-state index in [0.29, 0.717) is 6.54 Å². The Bertz CT molecular complexity index is 762. The fourth-order valence-corrected chi connectivity index (χ4v) is 2.62. The number of aryl methyl sites for hydroxylation is 2. The van der Waals surface area contributed by atoms with Crippen LogP contribution in [-0.2, 0) is 13.6 Å². The standard InChI is InChI=1S/C16H16BrN3/c1-11-7-8-12(9-13(11)17)18-10-16-19-14-5-3-4-6-15(14)20(16)2/h3-9,18H,10H2,1-2H3. The van der Waals surface area contributed by atoms with Gasteiger partial charge in [-0.1, -0.05) is 34.1 Å². The lowest BCUT2D eigenvalue weighted by Crippen LogP contribution is -2.05.